The summed E-state index contributed by atoms with van der Waals surface area (Å²) in [5.41, 5.74) is 5.64. The highest BCUT2D eigenvalue weighted by Crippen LogP contribution is 2.31. The quantitative estimate of drug-likeness (QED) is 0.557. The molecule has 0 aliphatic heterocycles. The Morgan fingerprint density at radius 3 is 2.29 bits per heavy atom. The molecular formula is C13H10O. The smallest absolute Gasteiger partial charge is 0.135 e. The zero-order chi connectivity index (χ0) is 9.54. The predicted octanol–water partition coefficient (Wildman–Crippen LogP) is 3.85. The molecule has 3 rings (SSSR count). The summed E-state index contributed by atoms with van der Waals surface area (Å²) in [4.78, 5) is 0. The van der Waals surface area contributed by atoms with Crippen LogP contribution in [0.25, 0.3) is 22.3 Å². The Morgan fingerprint density at radius 2 is 1.71 bits per heavy atom. The molecule has 14 heavy (non-hydrogen) atoms. The molecule has 1 aromatic carbocycles. The van der Waals surface area contributed by atoms with Crippen molar-refractivity contribution >= 4 is 11.2 Å². The number of furan rings is 2. The molecule has 68 valence electrons. The van der Waals surface area contributed by atoms with Crippen molar-refractivity contribution in [3.63, 3.8) is 0 Å². The fraction of sp³-hybridized carbons (Fsp3) is 0.0769. The second kappa shape index (κ2) is 2.61. The molecule has 0 unspecified atom stereocenters. The second-order valence-corrected chi connectivity index (χ2v) is 3.63. The van der Waals surface area contributed by atoms with Crippen LogP contribution >= 0.6 is 0 Å². The molecule has 1 heteroatoms. The highest BCUT2D eigenvalue weighted by Gasteiger charge is 2.07. The molecular weight excluding hydrogens is 172 g/mol. The van der Waals surface area contributed by atoms with E-state index in [0.717, 1.165) is 11.2 Å². The zero-order valence-corrected chi connectivity index (χ0v) is 7.95. The third-order valence-electron chi connectivity index (χ3n) is 2.54. The van der Waals surface area contributed by atoms with Crippen molar-refractivity contribution in [3.05, 3.63) is 48.0 Å². The Balaban J connectivity index is 2.18. The Bertz CT molecular complexity index is 545. The summed E-state index contributed by atoms with van der Waals surface area (Å²) in [7, 11) is 0. The first-order chi connectivity index (χ1) is 6.83. The van der Waals surface area contributed by atoms with Crippen LogP contribution in [0.2, 0.25) is 0 Å². The maximum atomic E-state index is 5.50. The van der Waals surface area contributed by atoms with E-state index in [9.17, 15) is 0 Å². The van der Waals surface area contributed by atoms with Crippen molar-refractivity contribution in [3.8, 4) is 11.1 Å². The molecule has 2 heterocycles. The Hall–Kier alpha value is -1.76. The molecule has 0 saturated heterocycles. The van der Waals surface area contributed by atoms with Crippen molar-refractivity contribution in [2.24, 2.45) is 0 Å². The van der Waals surface area contributed by atoms with E-state index in [-0.39, 0.29) is 0 Å². The van der Waals surface area contributed by atoms with E-state index in [0.29, 0.717) is 0 Å². The standard InChI is InChI=1S/C13H10O/c1-9-2-4-10(5-3-9)12-8-11-6-7-13(12)14-11/h2-8H,1H3. The molecule has 0 amide bonds. The summed E-state index contributed by atoms with van der Waals surface area (Å²) in [6, 6.07) is 14.6. The first kappa shape index (κ1) is 7.63. The van der Waals surface area contributed by atoms with Crippen molar-refractivity contribution < 1.29 is 4.42 Å². The van der Waals surface area contributed by atoms with Gasteiger partial charge in [0.1, 0.15) is 11.2 Å². The normalized spacial score (nSPS) is 11.2. The molecule has 0 aliphatic rings. The molecule has 0 spiro atoms. The summed E-state index contributed by atoms with van der Waals surface area (Å²) in [5.74, 6) is 0. The molecule has 0 saturated carbocycles. The van der Waals surface area contributed by atoms with Gasteiger partial charge in [-0.25, -0.2) is 0 Å². The molecule has 3 aromatic rings. The minimum Gasteiger partial charge on any atom is -0.457 e. The number of fused-ring (bicyclic) bond motifs is 2. The van der Waals surface area contributed by atoms with Gasteiger partial charge in [-0.2, -0.15) is 0 Å². The second-order valence-electron chi connectivity index (χ2n) is 3.63. The topological polar surface area (TPSA) is 13.1 Å². The molecule has 2 bridgehead atoms. The van der Waals surface area contributed by atoms with E-state index in [1.807, 2.05) is 12.1 Å². The Labute approximate surface area is 82.3 Å². The highest BCUT2D eigenvalue weighted by atomic mass is 16.3. The van der Waals surface area contributed by atoms with Crippen LogP contribution in [-0.2, 0) is 0 Å². The van der Waals surface area contributed by atoms with Gasteiger partial charge in [-0.1, -0.05) is 29.8 Å². The van der Waals surface area contributed by atoms with E-state index in [1.54, 1.807) is 0 Å². The van der Waals surface area contributed by atoms with Crippen LogP contribution in [0.1, 0.15) is 5.56 Å². The van der Waals surface area contributed by atoms with Crippen molar-refractivity contribution in [2.45, 2.75) is 6.92 Å². The Kier molecular flexibility index (Phi) is 1.42. The number of rotatable bonds is 1. The van der Waals surface area contributed by atoms with E-state index in [4.69, 9.17) is 4.42 Å². The first-order valence-corrected chi connectivity index (χ1v) is 4.72. The third kappa shape index (κ3) is 1.02. The summed E-state index contributed by atoms with van der Waals surface area (Å²) < 4.78 is 5.50. The molecule has 1 nitrogen and oxygen atoms in total. The van der Waals surface area contributed by atoms with Gasteiger partial charge in [0.05, 0.1) is 0 Å². The van der Waals surface area contributed by atoms with Gasteiger partial charge in [-0.15, -0.1) is 0 Å². The number of aryl methyl sites for hydroxylation is 1. The van der Waals surface area contributed by atoms with Gasteiger partial charge < -0.3 is 4.42 Å². The van der Waals surface area contributed by atoms with E-state index in [1.165, 1.54) is 16.7 Å². The lowest BCUT2D eigenvalue weighted by Crippen LogP contribution is -1.76. The minimum atomic E-state index is 0.954. The largest absolute Gasteiger partial charge is 0.457 e. The molecule has 0 aliphatic carbocycles. The van der Waals surface area contributed by atoms with Crippen LogP contribution in [0.15, 0.2) is 46.9 Å². The van der Waals surface area contributed by atoms with Crippen LogP contribution in [0.3, 0.4) is 0 Å². The molecule has 2 aromatic heterocycles. The molecule has 0 N–H and O–H groups in total. The fourth-order valence-electron chi connectivity index (χ4n) is 1.75. The number of benzene rings is 2. The van der Waals surface area contributed by atoms with Crippen LogP contribution in [0.4, 0.5) is 0 Å². The van der Waals surface area contributed by atoms with Crippen LogP contribution in [0.5, 0.6) is 0 Å². The molecule has 0 radical (unpaired) electrons. The summed E-state index contributed by atoms with van der Waals surface area (Å²) >= 11 is 0. The van der Waals surface area contributed by atoms with Gasteiger partial charge in [0.2, 0.25) is 0 Å². The summed E-state index contributed by atoms with van der Waals surface area (Å²) in [6.45, 7) is 2.09. The predicted molar refractivity (Wildman–Crippen MR) is 57.6 cm³/mol. The lowest BCUT2D eigenvalue weighted by Gasteiger charge is -1.98. The van der Waals surface area contributed by atoms with Crippen LogP contribution < -0.4 is 0 Å². The van der Waals surface area contributed by atoms with Crippen molar-refractivity contribution in [2.75, 3.05) is 0 Å². The summed E-state index contributed by atoms with van der Waals surface area (Å²) in [5, 5.41) is 0. The minimum absolute atomic E-state index is 0.954. The van der Waals surface area contributed by atoms with Gasteiger partial charge in [-0.3, -0.25) is 0 Å². The number of hydrogen-bond donors (Lipinski definition) is 0. The fourth-order valence-corrected chi connectivity index (χ4v) is 1.75. The first-order valence-electron chi connectivity index (χ1n) is 4.72. The van der Waals surface area contributed by atoms with E-state index < -0.39 is 0 Å². The average Bonchev–Trinajstić information content (AvgIpc) is 2.80. The van der Waals surface area contributed by atoms with Gasteiger partial charge in [0.15, 0.2) is 0 Å². The van der Waals surface area contributed by atoms with Gasteiger partial charge >= 0.3 is 0 Å². The molecule has 0 fully saturated rings. The monoisotopic (exact) mass is 182 g/mol. The average molecular weight is 182 g/mol. The van der Waals surface area contributed by atoms with Crippen LogP contribution in [0, 0.1) is 6.92 Å². The maximum absolute atomic E-state index is 5.50. The molecule has 0 atom stereocenters. The van der Waals surface area contributed by atoms with Gasteiger partial charge in [-0.05, 0) is 30.7 Å². The van der Waals surface area contributed by atoms with Crippen LogP contribution in [-0.4, -0.2) is 0 Å². The Morgan fingerprint density at radius 1 is 0.929 bits per heavy atom. The number of hydrogen-bond acceptors (Lipinski definition) is 1. The van der Waals surface area contributed by atoms with E-state index in [2.05, 4.69) is 37.3 Å². The lowest BCUT2D eigenvalue weighted by atomic mass is 10.0. The van der Waals surface area contributed by atoms with Gasteiger partial charge in [0, 0.05) is 5.56 Å². The van der Waals surface area contributed by atoms with Crippen molar-refractivity contribution in [1.82, 2.24) is 0 Å². The lowest BCUT2D eigenvalue weighted by molar-refractivity contribution is 0.676. The van der Waals surface area contributed by atoms with E-state index >= 15 is 0 Å². The SMILES string of the molecule is Cc1ccc(-c2cc3ccc2o3)cc1. The third-order valence-corrected chi connectivity index (χ3v) is 2.54. The van der Waals surface area contributed by atoms with Gasteiger partial charge in [0.25, 0.3) is 0 Å². The highest BCUT2D eigenvalue weighted by molar-refractivity contribution is 5.85. The summed E-state index contributed by atoms with van der Waals surface area (Å²) in [6.07, 6.45) is 0. The zero-order valence-electron chi connectivity index (χ0n) is 7.95. The maximum Gasteiger partial charge on any atom is 0.135 e. The van der Waals surface area contributed by atoms with Crippen molar-refractivity contribution in [1.29, 1.82) is 0 Å².